The highest BCUT2D eigenvalue weighted by Gasteiger charge is 2.25. The molecule has 0 aromatic carbocycles. The van der Waals surface area contributed by atoms with Crippen molar-refractivity contribution in [2.45, 2.75) is 31.8 Å². The molecule has 2 aromatic rings. The fraction of sp³-hybridized carbons (Fsp3) is 0.538. The quantitative estimate of drug-likeness (QED) is 0.648. The van der Waals surface area contributed by atoms with E-state index < -0.39 is 4.92 Å². The van der Waals surface area contributed by atoms with Crippen molar-refractivity contribution in [2.24, 2.45) is 0 Å². The second-order valence-corrected chi connectivity index (χ2v) is 6.15. The van der Waals surface area contributed by atoms with Crippen LogP contribution in [0, 0.1) is 10.1 Å². The molecule has 1 atom stereocenters. The van der Waals surface area contributed by atoms with Gasteiger partial charge in [-0.2, -0.15) is 5.10 Å². The van der Waals surface area contributed by atoms with Crippen LogP contribution in [0.1, 0.15) is 30.1 Å². The second kappa shape index (κ2) is 6.41. The molecule has 0 amide bonds. The van der Waals surface area contributed by atoms with E-state index in [4.69, 9.17) is 4.74 Å². The van der Waals surface area contributed by atoms with Gasteiger partial charge in [0.05, 0.1) is 29.8 Å². The number of fused-ring (bicyclic) bond motifs is 1. The molecule has 0 bridgehead atoms. The number of thiazole rings is 1. The minimum atomic E-state index is -0.422. The smallest absolute Gasteiger partial charge is 0.345 e. The fourth-order valence-electron chi connectivity index (χ4n) is 2.60. The molecule has 2 aromatic heterocycles. The van der Waals surface area contributed by atoms with Crippen LogP contribution in [0.4, 0.5) is 10.1 Å². The molecule has 22 heavy (non-hydrogen) atoms. The summed E-state index contributed by atoms with van der Waals surface area (Å²) in [5, 5.41) is 19.2. The fourth-order valence-corrected chi connectivity index (χ4v) is 3.29. The summed E-state index contributed by atoms with van der Waals surface area (Å²) in [5.74, 6) is 0. The summed E-state index contributed by atoms with van der Waals surface area (Å²) in [7, 11) is 1.67. The molecule has 9 heteroatoms. The minimum Gasteiger partial charge on any atom is -0.383 e. The average molecular weight is 323 g/mol. The first kappa shape index (κ1) is 14.9. The van der Waals surface area contributed by atoms with E-state index in [0.717, 1.165) is 42.8 Å². The van der Waals surface area contributed by atoms with Gasteiger partial charge in [0.25, 0.3) is 0 Å². The van der Waals surface area contributed by atoms with Crippen LogP contribution in [-0.4, -0.2) is 33.4 Å². The molecule has 0 aliphatic heterocycles. The third-order valence-corrected chi connectivity index (χ3v) is 4.51. The summed E-state index contributed by atoms with van der Waals surface area (Å²) in [6, 6.07) is 0.0540. The Bertz CT molecular complexity index is 668. The Morgan fingerprint density at radius 1 is 1.64 bits per heavy atom. The van der Waals surface area contributed by atoms with E-state index >= 15 is 0 Å². The van der Waals surface area contributed by atoms with Gasteiger partial charge in [-0.15, -0.1) is 0 Å². The van der Waals surface area contributed by atoms with Gasteiger partial charge in [0, 0.05) is 13.3 Å². The topological polar surface area (TPSA) is 95.1 Å². The summed E-state index contributed by atoms with van der Waals surface area (Å²) >= 11 is 1.05. The van der Waals surface area contributed by atoms with Crippen molar-refractivity contribution >= 4 is 21.5 Å². The predicted octanol–water partition coefficient (Wildman–Crippen LogP) is 2.38. The van der Waals surface area contributed by atoms with Crippen molar-refractivity contribution in [1.82, 2.24) is 14.8 Å². The first-order valence-corrected chi connectivity index (χ1v) is 7.91. The lowest BCUT2D eigenvalue weighted by molar-refractivity contribution is -0.380. The van der Waals surface area contributed by atoms with E-state index in [-0.39, 0.29) is 11.0 Å². The summed E-state index contributed by atoms with van der Waals surface area (Å²) in [6.45, 7) is 1.34. The monoisotopic (exact) mass is 323 g/mol. The molecule has 1 aliphatic rings. The lowest BCUT2D eigenvalue weighted by Crippen LogP contribution is -2.17. The minimum absolute atomic E-state index is 0.0455. The summed E-state index contributed by atoms with van der Waals surface area (Å²) in [5.41, 5.74) is 2.24. The number of anilines is 1. The number of hydrogen-bond acceptors (Lipinski definition) is 7. The van der Waals surface area contributed by atoms with Crippen molar-refractivity contribution < 1.29 is 9.66 Å². The molecule has 2 heterocycles. The third-order valence-electron chi connectivity index (χ3n) is 3.63. The lowest BCUT2D eigenvalue weighted by Gasteiger charge is -2.21. The van der Waals surface area contributed by atoms with Crippen LogP contribution in [0.5, 0.6) is 0 Å². The van der Waals surface area contributed by atoms with Gasteiger partial charge in [0.15, 0.2) is 5.13 Å². The van der Waals surface area contributed by atoms with Gasteiger partial charge in [0.1, 0.15) is 6.20 Å². The Morgan fingerprint density at radius 2 is 2.50 bits per heavy atom. The zero-order valence-electron chi connectivity index (χ0n) is 12.2. The van der Waals surface area contributed by atoms with Crippen LogP contribution >= 0.6 is 11.3 Å². The van der Waals surface area contributed by atoms with Gasteiger partial charge in [-0.1, -0.05) is 0 Å². The molecule has 1 aliphatic carbocycles. The highest BCUT2D eigenvalue weighted by atomic mass is 32.1. The normalized spacial score (nSPS) is 17.2. The summed E-state index contributed by atoms with van der Waals surface area (Å²) < 4.78 is 6.98. The molecule has 118 valence electrons. The van der Waals surface area contributed by atoms with E-state index in [1.807, 2.05) is 4.68 Å². The van der Waals surface area contributed by atoms with E-state index in [2.05, 4.69) is 21.6 Å². The zero-order valence-corrected chi connectivity index (χ0v) is 13.0. The Kier molecular flexibility index (Phi) is 4.34. The highest BCUT2D eigenvalue weighted by Crippen LogP contribution is 2.34. The SMILES string of the molecule is COCCn1cc2c(n1)[C@H](Nc1ncc([N+](=O)[O-])s1)CCC2. The van der Waals surface area contributed by atoms with Gasteiger partial charge in [-0.25, -0.2) is 4.98 Å². The van der Waals surface area contributed by atoms with E-state index in [9.17, 15) is 10.1 Å². The van der Waals surface area contributed by atoms with Crippen molar-refractivity contribution in [2.75, 3.05) is 19.0 Å². The summed E-state index contributed by atoms with van der Waals surface area (Å²) in [4.78, 5) is 14.4. The Labute approximate surface area is 131 Å². The average Bonchev–Trinajstić information content (AvgIpc) is 3.12. The number of ether oxygens (including phenoxy) is 1. The molecule has 0 saturated heterocycles. The van der Waals surface area contributed by atoms with Gasteiger partial charge in [0.2, 0.25) is 0 Å². The number of nitrogens with one attached hydrogen (secondary N) is 1. The first-order valence-electron chi connectivity index (χ1n) is 7.09. The standard InChI is InChI=1S/C13H17N5O3S/c1-21-6-5-17-8-9-3-2-4-10(12(9)16-17)15-13-14-7-11(22-13)18(19)20/h7-8,10H,2-6H2,1H3,(H,14,15)/t10-/m1/s1. The van der Waals surface area contributed by atoms with Crippen molar-refractivity contribution in [3.63, 3.8) is 0 Å². The number of nitrogens with zero attached hydrogens (tertiary/aromatic N) is 4. The molecule has 0 unspecified atom stereocenters. The maximum Gasteiger partial charge on any atom is 0.345 e. The van der Waals surface area contributed by atoms with Crippen LogP contribution in [-0.2, 0) is 17.7 Å². The van der Waals surface area contributed by atoms with E-state index in [1.54, 1.807) is 7.11 Å². The van der Waals surface area contributed by atoms with Crippen molar-refractivity contribution in [1.29, 1.82) is 0 Å². The number of nitro groups is 1. The molecule has 0 fully saturated rings. The number of methoxy groups -OCH3 is 1. The van der Waals surface area contributed by atoms with Crippen LogP contribution in [0.2, 0.25) is 0 Å². The number of hydrogen-bond donors (Lipinski definition) is 1. The molecule has 3 rings (SSSR count). The molecular formula is C13H17N5O3S. The Hall–Kier alpha value is -2.00. The molecular weight excluding hydrogens is 306 g/mol. The molecule has 0 spiro atoms. The third kappa shape index (κ3) is 3.09. The van der Waals surface area contributed by atoms with Crippen LogP contribution in [0.25, 0.3) is 0 Å². The zero-order chi connectivity index (χ0) is 15.5. The Morgan fingerprint density at radius 3 is 3.23 bits per heavy atom. The van der Waals surface area contributed by atoms with E-state index in [1.165, 1.54) is 11.8 Å². The van der Waals surface area contributed by atoms with Crippen LogP contribution in [0.15, 0.2) is 12.4 Å². The lowest BCUT2D eigenvalue weighted by atomic mass is 9.94. The number of aryl methyl sites for hydroxylation is 1. The molecule has 0 saturated carbocycles. The molecule has 0 radical (unpaired) electrons. The van der Waals surface area contributed by atoms with Gasteiger partial charge in [-0.3, -0.25) is 14.8 Å². The Balaban J connectivity index is 1.75. The van der Waals surface area contributed by atoms with Gasteiger partial charge >= 0.3 is 5.00 Å². The first-order chi connectivity index (χ1) is 10.7. The second-order valence-electron chi connectivity index (χ2n) is 5.15. The van der Waals surface area contributed by atoms with Crippen LogP contribution < -0.4 is 5.32 Å². The largest absolute Gasteiger partial charge is 0.383 e. The van der Waals surface area contributed by atoms with Gasteiger partial charge < -0.3 is 10.1 Å². The van der Waals surface area contributed by atoms with Gasteiger partial charge in [-0.05, 0) is 36.2 Å². The number of rotatable bonds is 6. The molecule has 8 nitrogen and oxygen atoms in total. The maximum atomic E-state index is 10.7. The summed E-state index contributed by atoms with van der Waals surface area (Å²) in [6.07, 6.45) is 6.37. The molecule has 1 N–H and O–H groups in total. The van der Waals surface area contributed by atoms with Crippen molar-refractivity contribution in [3.8, 4) is 0 Å². The number of aromatic nitrogens is 3. The van der Waals surface area contributed by atoms with Crippen LogP contribution in [0.3, 0.4) is 0 Å². The highest BCUT2D eigenvalue weighted by molar-refractivity contribution is 7.18. The maximum absolute atomic E-state index is 10.7. The predicted molar refractivity (Wildman–Crippen MR) is 82.2 cm³/mol. The van der Waals surface area contributed by atoms with Crippen molar-refractivity contribution in [3.05, 3.63) is 33.8 Å². The van der Waals surface area contributed by atoms with E-state index in [0.29, 0.717) is 11.7 Å².